The Morgan fingerprint density at radius 1 is 0.893 bits per heavy atom. The Kier molecular flexibility index (Phi) is 6.30. The molecule has 0 unspecified atom stereocenters. The number of aromatic nitrogens is 1. The number of hydrogen-bond donors (Lipinski definition) is 0. The van der Waals surface area contributed by atoms with E-state index in [1.807, 2.05) is 72.2 Å². The van der Waals surface area contributed by atoms with Crippen LogP contribution in [-0.2, 0) is 13.6 Å². The summed E-state index contributed by atoms with van der Waals surface area (Å²) in [6.45, 7) is 5.67. The van der Waals surface area contributed by atoms with Crippen LogP contribution in [0.1, 0.15) is 19.5 Å². The number of rotatable bonds is 7. The zero-order chi connectivity index (χ0) is 20.1. The fraction of sp³-hybridized carbons (Fsp3) is 0.227. The molecule has 0 spiro atoms. The van der Waals surface area contributed by atoms with Crippen LogP contribution in [0.5, 0.6) is 0 Å². The lowest BCUT2D eigenvalue weighted by Crippen LogP contribution is -2.32. The van der Waals surface area contributed by atoms with Crippen molar-refractivity contribution in [3.63, 3.8) is 0 Å². The summed E-state index contributed by atoms with van der Waals surface area (Å²) in [6.07, 6.45) is 0. The Labute approximate surface area is 165 Å². The highest BCUT2D eigenvalue weighted by Crippen LogP contribution is 2.48. The first kappa shape index (κ1) is 20.3. The Morgan fingerprint density at radius 3 is 1.96 bits per heavy atom. The van der Waals surface area contributed by atoms with E-state index in [1.54, 1.807) is 13.8 Å². The molecule has 0 N–H and O–H groups in total. The Hall–Kier alpha value is -2.46. The third kappa shape index (κ3) is 3.88. The van der Waals surface area contributed by atoms with Crippen molar-refractivity contribution in [2.75, 3.05) is 13.2 Å². The largest absolute Gasteiger partial charge is 0.367 e. The zero-order valence-corrected chi connectivity index (χ0v) is 17.2. The average Bonchev–Trinajstić information content (AvgIpc) is 2.69. The molecule has 1 aromatic heterocycles. The minimum absolute atomic E-state index is 0.0665. The second kappa shape index (κ2) is 8.70. The molecular weight excluding hydrogens is 373 g/mol. The number of benzene rings is 2. The van der Waals surface area contributed by atoms with Gasteiger partial charge < -0.3 is 13.6 Å². The molecule has 0 saturated carbocycles. The molecule has 3 rings (SSSR count). The van der Waals surface area contributed by atoms with Crippen LogP contribution in [0.15, 0.2) is 71.5 Å². The maximum absolute atomic E-state index is 13.7. The van der Waals surface area contributed by atoms with Gasteiger partial charge in [-0.2, -0.15) is 0 Å². The van der Waals surface area contributed by atoms with Crippen molar-refractivity contribution in [2.45, 2.75) is 20.8 Å². The van der Waals surface area contributed by atoms with Gasteiger partial charge in [0.2, 0.25) is 0 Å². The predicted molar refractivity (Wildman–Crippen MR) is 113 cm³/mol. The smallest absolute Gasteiger partial charge is 0.313 e. The number of para-hydroxylation sites is 1. The predicted octanol–water partition coefficient (Wildman–Crippen LogP) is 4.70. The molecular formula is C22H24NO4P. The van der Waals surface area contributed by atoms with Crippen LogP contribution in [0.3, 0.4) is 0 Å². The van der Waals surface area contributed by atoms with E-state index in [1.165, 1.54) is 6.07 Å². The van der Waals surface area contributed by atoms with Crippen LogP contribution >= 0.6 is 7.60 Å². The summed E-state index contributed by atoms with van der Waals surface area (Å²) in [5.74, 6) is 0. The van der Waals surface area contributed by atoms with Crippen molar-refractivity contribution in [2.24, 2.45) is 0 Å². The number of hydrogen-bond acceptors (Lipinski definition) is 4. The Balaban J connectivity index is 2.46. The quantitative estimate of drug-likeness (QED) is 0.542. The highest BCUT2D eigenvalue weighted by atomic mass is 31.2. The van der Waals surface area contributed by atoms with E-state index in [9.17, 15) is 9.36 Å². The molecule has 0 bridgehead atoms. The van der Waals surface area contributed by atoms with Gasteiger partial charge in [0.05, 0.1) is 18.9 Å². The normalized spacial score (nSPS) is 11.5. The topological polar surface area (TPSA) is 57.5 Å². The molecule has 0 fully saturated rings. The molecule has 0 aliphatic heterocycles. The van der Waals surface area contributed by atoms with Crippen LogP contribution < -0.4 is 10.7 Å². The highest BCUT2D eigenvalue weighted by Gasteiger charge is 2.35. The van der Waals surface area contributed by atoms with Gasteiger partial charge in [0.25, 0.3) is 0 Å². The maximum Gasteiger partial charge on any atom is 0.367 e. The Morgan fingerprint density at radius 2 is 1.43 bits per heavy atom. The van der Waals surface area contributed by atoms with E-state index in [2.05, 4.69) is 0 Å². The van der Waals surface area contributed by atoms with E-state index < -0.39 is 7.60 Å². The average molecular weight is 397 g/mol. The molecule has 0 aliphatic carbocycles. The van der Waals surface area contributed by atoms with E-state index in [-0.39, 0.29) is 23.9 Å². The van der Waals surface area contributed by atoms with Gasteiger partial charge in [-0.25, -0.2) is 0 Å². The summed E-state index contributed by atoms with van der Waals surface area (Å²) < 4.78 is 26.7. The first-order valence-electron chi connectivity index (χ1n) is 9.29. The van der Waals surface area contributed by atoms with Gasteiger partial charge in [0.1, 0.15) is 5.30 Å². The lowest BCUT2D eigenvalue weighted by atomic mass is 10.1. The van der Waals surface area contributed by atoms with Gasteiger partial charge in [-0.3, -0.25) is 9.36 Å². The van der Waals surface area contributed by atoms with E-state index in [4.69, 9.17) is 9.05 Å². The molecule has 0 amide bonds. The summed E-state index contributed by atoms with van der Waals surface area (Å²) in [6, 6.07) is 20.6. The van der Waals surface area contributed by atoms with Crippen LogP contribution in [0.2, 0.25) is 0 Å². The van der Waals surface area contributed by atoms with Gasteiger partial charge in [-0.05, 0) is 38.5 Å². The standard InChI is InChI=1S/C22H24NO4P/c1-4-26-28(25,27-5-2)22-20(24)16-17(3)23(19-14-10-7-11-15-19)21(22)18-12-8-6-9-13-18/h6-16H,4-5H2,1-3H3. The third-order valence-corrected chi connectivity index (χ3v) is 6.48. The Bertz CT molecular complexity index is 1040. The molecule has 28 heavy (non-hydrogen) atoms. The van der Waals surface area contributed by atoms with E-state index in [0.29, 0.717) is 5.69 Å². The van der Waals surface area contributed by atoms with Crippen molar-refractivity contribution in [3.8, 4) is 16.9 Å². The number of pyridine rings is 1. The van der Waals surface area contributed by atoms with Crippen LogP contribution in [-0.4, -0.2) is 17.8 Å². The third-order valence-electron chi connectivity index (χ3n) is 4.31. The summed E-state index contributed by atoms with van der Waals surface area (Å²) >= 11 is 0. The first-order chi connectivity index (χ1) is 13.5. The number of aryl methyl sites for hydroxylation is 1. The summed E-state index contributed by atoms with van der Waals surface area (Å²) in [4.78, 5) is 13.1. The van der Waals surface area contributed by atoms with Crippen molar-refractivity contribution in [3.05, 3.63) is 82.6 Å². The van der Waals surface area contributed by atoms with Crippen molar-refractivity contribution >= 4 is 12.9 Å². The fourth-order valence-electron chi connectivity index (χ4n) is 3.26. The molecule has 0 aliphatic rings. The lowest BCUT2D eigenvalue weighted by Gasteiger charge is -2.24. The van der Waals surface area contributed by atoms with Crippen LogP contribution in [0.25, 0.3) is 16.9 Å². The molecule has 146 valence electrons. The van der Waals surface area contributed by atoms with Gasteiger partial charge in [0.15, 0.2) is 5.43 Å². The lowest BCUT2D eigenvalue weighted by molar-refractivity contribution is 0.229. The van der Waals surface area contributed by atoms with Gasteiger partial charge in [-0.15, -0.1) is 0 Å². The zero-order valence-electron chi connectivity index (χ0n) is 16.3. The van der Waals surface area contributed by atoms with Crippen molar-refractivity contribution < 1.29 is 13.6 Å². The maximum atomic E-state index is 13.7. The van der Waals surface area contributed by atoms with Crippen LogP contribution in [0, 0.1) is 6.92 Å². The van der Waals surface area contributed by atoms with Crippen LogP contribution in [0.4, 0.5) is 0 Å². The van der Waals surface area contributed by atoms with Gasteiger partial charge in [-0.1, -0.05) is 48.5 Å². The molecule has 2 aromatic carbocycles. The van der Waals surface area contributed by atoms with E-state index >= 15 is 0 Å². The first-order valence-corrected chi connectivity index (χ1v) is 10.8. The van der Waals surface area contributed by atoms with Gasteiger partial charge in [0, 0.05) is 17.4 Å². The van der Waals surface area contributed by atoms with E-state index in [0.717, 1.165) is 16.9 Å². The molecule has 0 radical (unpaired) electrons. The summed E-state index contributed by atoms with van der Waals surface area (Å²) in [5, 5.41) is 0.0665. The molecule has 1 heterocycles. The van der Waals surface area contributed by atoms with Crippen molar-refractivity contribution in [1.29, 1.82) is 0 Å². The second-order valence-corrected chi connectivity index (χ2v) is 8.18. The molecule has 5 nitrogen and oxygen atoms in total. The molecule has 6 heteroatoms. The minimum Gasteiger partial charge on any atom is -0.313 e. The number of nitrogens with zero attached hydrogens (tertiary/aromatic N) is 1. The molecule has 0 atom stereocenters. The summed E-state index contributed by atoms with van der Waals surface area (Å²) in [5.41, 5.74) is 2.54. The SMILES string of the molecule is CCOP(=O)(OCC)c1c(-c2ccccc2)n(-c2ccccc2)c(C)cc1=O. The van der Waals surface area contributed by atoms with Gasteiger partial charge >= 0.3 is 7.60 Å². The highest BCUT2D eigenvalue weighted by molar-refractivity contribution is 7.62. The fourth-order valence-corrected chi connectivity index (χ4v) is 5.10. The second-order valence-electron chi connectivity index (χ2n) is 6.22. The minimum atomic E-state index is -3.81. The monoisotopic (exact) mass is 397 g/mol. The molecule has 0 saturated heterocycles. The molecule has 3 aromatic rings. The summed E-state index contributed by atoms with van der Waals surface area (Å²) in [7, 11) is -3.81. The van der Waals surface area contributed by atoms with Crippen molar-refractivity contribution in [1.82, 2.24) is 4.57 Å².